The standard InChI is InChI=1S/C10H21NO/c1-8(2)7-11-9-5-4-6-10(9)12-3/h8-11H,4-7H2,1-3H3/t9-,10+/m0/s1. The number of ether oxygens (including phenoxy) is 1. The van der Waals surface area contributed by atoms with Crippen LogP contribution in [0, 0.1) is 5.92 Å². The predicted molar refractivity (Wildman–Crippen MR) is 51.3 cm³/mol. The molecule has 0 aromatic heterocycles. The summed E-state index contributed by atoms with van der Waals surface area (Å²) in [6.45, 7) is 5.60. The number of hydrogen-bond acceptors (Lipinski definition) is 2. The van der Waals surface area contributed by atoms with Crippen LogP contribution in [-0.2, 0) is 4.74 Å². The molecule has 12 heavy (non-hydrogen) atoms. The first-order chi connectivity index (χ1) is 5.74. The minimum Gasteiger partial charge on any atom is -0.380 e. The lowest BCUT2D eigenvalue weighted by Gasteiger charge is -2.20. The van der Waals surface area contributed by atoms with Gasteiger partial charge in [-0.1, -0.05) is 13.8 Å². The largest absolute Gasteiger partial charge is 0.380 e. The summed E-state index contributed by atoms with van der Waals surface area (Å²) < 4.78 is 5.39. The lowest BCUT2D eigenvalue weighted by molar-refractivity contribution is 0.0843. The van der Waals surface area contributed by atoms with Crippen LogP contribution < -0.4 is 5.32 Å². The lowest BCUT2D eigenvalue weighted by atomic mass is 10.1. The second-order valence-electron chi connectivity index (χ2n) is 4.11. The van der Waals surface area contributed by atoms with Crippen molar-refractivity contribution in [3.8, 4) is 0 Å². The van der Waals surface area contributed by atoms with Gasteiger partial charge in [0.05, 0.1) is 6.10 Å². The zero-order valence-corrected chi connectivity index (χ0v) is 8.47. The molecule has 2 atom stereocenters. The SMILES string of the molecule is CO[C@@H]1CCC[C@@H]1NCC(C)C. The van der Waals surface area contributed by atoms with Gasteiger partial charge in [0.2, 0.25) is 0 Å². The van der Waals surface area contributed by atoms with E-state index in [-0.39, 0.29) is 0 Å². The highest BCUT2D eigenvalue weighted by Crippen LogP contribution is 2.21. The Hall–Kier alpha value is -0.0800. The number of rotatable bonds is 4. The minimum atomic E-state index is 0.462. The van der Waals surface area contributed by atoms with Gasteiger partial charge in [-0.15, -0.1) is 0 Å². The normalized spacial score (nSPS) is 30.0. The Morgan fingerprint density at radius 1 is 1.42 bits per heavy atom. The summed E-state index contributed by atoms with van der Waals surface area (Å²) in [5.41, 5.74) is 0. The van der Waals surface area contributed by atoms with Gasteiger partial charge >= 0.3 is 0 Å². The molecule has 0 heterocycles. The second kappa shape index (κ2) is 4.83. The summed E-state index contributed by atoms with van der Waals surface area (Å²) in [7, 11) is 1.82. The average Bonchev–Trinajstić information content (AvgIpc) is 2.47. The van der Waals surface area contributed by atoms with Crippen molar-refractivity contribution >= 4 is 0 Å². The van der Waals surface area contributed by atoms with Gasteiger partial charge in [-0.25, -0.2) is 0 Å². The fourth-order valence-corrected chi connectivity index (χ4v) is 1.83. The first-order valence-electron chi connectivity index (χ1n) is 5.00. The number of nitrogens with one attached hydrogen (secondary N) is 1. The molecule has 0 amide bonds. The summed E-state index contributed by atoms with van der Waals surface area (Å²) in [4.78, 5) is 0. The molecule has 1 N–H and O–H groups in total. The molecule has 2 heteroatoms. The van der Waals surface area contributed by atoms with E-state index >= 15 is 0 Å². The Morgan fingerprint density at radius 2 is 2.17 bits per heavy atom. The van der Waals surface area contributed by atoms with Gasteiger partial charge in [-0.3, -0.25) is 0 Å². The van der Waals surface area contributed by atoms with Gasteiger partial charge in [0.1, 0.15) is 0 Å². The Balaban J connectivity index is 2.21. The van der Waals surface area contributed by atoms with Crippen LogP contribution in [0.25, 0.3) is 0 Å². The van der Waals surface area contributed by atoms with E-state index < -0.39 is 0 Å². The summed E-state index contributed by atoms with van der Waals surface area (Å²) >= 11 is 0. The van der Waals surface area contributed by atoms with E-state index in [2.05, 4.69) is 19.2 Å². The fourth-order valence-electron chi connectivity index (χ4n) is 1.83. The molecule has 72 valence electrons. The van der Waals surface area contributed by atoms with Crippen LogP contribution in [0.15, 0.2) is 0 Å². The Morgan fingerprint density at radius 3 is 2.75 bits per heavy atom. The van der Waals surface area contributed by atoms with E-state index in [1.807, 2.05) is 7.11 Å². The monoisotopic (exact) mass is 171 g/mol. The van der Waals surface area contributed by atoms with Crippen molar-refractivity contribution in [1.29, 1.82) is 0 Å². The third kappa shape index (κ3) is 2.76. The van der Waals surface area contributed by atoms with Crippen LogP contribution in [0.1, 0.15) is 33.1 Å². The van der Waals surface area contributed by atoms with Crippen molar-refractivity contribution in [3.63, 3.8) is 0 Å². The highest BCUT2D eigenvalue weighted by molar-refractivity contribution is 4.83. The molecule has 0 aromatic rings. The van der Waals surface area contributed by atoms with Crippen molar-refractivity contribution in [1.82, 2.24) is 5.32 Å². The van der Waals surface area contributed by atoms with Gasteiger partial charge < -0.3 is 10.1 Å². The highest BCUT2D eigenvalue weighted by Gasteiger charge is 2.26. The zero-order chi connectivity index (χ0) is 8.97. The zero-order valence-electron chi connectivity index (χ0n) is 8.47. The van der Waals surface area contributed by atoms with E-state index in [0.717, 1.165) is 12.5 Å². The van der Waals surface area contributed by atoms with E-state index in [0.29, 0.717) is 12.1 Å². The van der Waals surface area contributed by atoms with Crippen LogP contribution in [0.4, 0.5) is 0 Å². The molecule has 0 aromatic carbocycles. The molecule has 0 aliphatic heterocycles. The molecule has 0 radical (unpaired) electrons. The third-order valence-corrected chi connectivity index (χ3v) is 2.54. The van der Waals surface area contributed by atoms with E-state index in [4.69, 9.17) is 4.74 Å². The molecule has 2 nitrogen and oxygen atoms in total. The molecule has 1 aliphatic rings. The van der Waals surface area contributed by atoms with Gasteiger partial charge in [0.25, 0.3) is 0 Å². The van der Waals surface area contributed by atoms with Crippen molar-refractivity contribution in [2.45, 2.75) is 45.3 Å². The van der Waals surface area contributed by atoms with Crippen molar-refractivity contribution in [2.24, 2.45) is 5.92 Å². The summed E-state index contributed by atoms with van der Waals surface area (Å²) in [6, 6.07) is 0.609. The fraction of sp³-hybridized carbons (Fsp3) is 1.00. The molecular formula is C10H21NO. The summed E-state index contributed by atoms with van der Waals surface area (Å²) in [6.07, 6.45) is 4.29. The van der Waals surface area contributed by atoms with Gasteiger partial charge in [0.15, 0.2) is 0 Å². The molecule has 0 bridgehead atoms. The van der Waals surface area contributed by atoms with E-state index in [1.165, 1.54) is 19.3 Å². The molecule has 1 fully saturated rings. The van der Waals surface area contributed by atoms with Crippen LogP contribution >= 0.6 is 0 Å². The van der Waals surface area contributed by atoms with Crippen LogP contribution in [-0.4, -0.2) is 25.8 Å². The molecule has 1 aliphatic carbocycles. The lowest BCUT2D eigenvalue weighted by Crippen LogP contribution is -2.38. The van der Waals surface area contributed by atoms with Gasteiger partial charge in [0, 0.05) is 13.2 Å². The highest BCUT2D eigenvalue weighted by atomic mass is 16.5. The molecule has 0 unspecified atom stereocenters. The number of hydrogen-bond donors (Lipinski definition) is 1. The Kier molecular flexibility index (Phi) is 4.02. The van der Waals surface area contributed by atoms with Crippen molar-refractivity contribution < 1.29 is 4.74 Å². The average molecular weight is 171 g/mol. The smallest absolute Gasteiger partial charge is 0.0724 e. The van der Waals surface area contributed by atoms with Gasteiger partial charge in [-0.2, -0.15) is 0 Å². The topological polar surface area (TPSA) is 21.3 Å². The van der Waals surface area contributed by atoms with E-state index in [9.17, 15) is 0 Å². The number of methoxy groups -OCH3 is 1. The summed E-state index contributed by atoms with van der Waals surface area (Å²) in [5, 5.41) is 3.56. The Labute approximate surface area is 75.7 Å². The summed E-state index contributed by atoms with van der Waals surface area (Å²) in [5.74, 6) is 0.739. The minimum absolute atomic E-state index is 0.462. The van der Waals surface area contributed by atoms with Crippen LogP contribution in [0.3, 0.4) is 0 Å². The van der Waals surface area contributed by atoms with Gasteiger partial charge in [-0.05, 0) is 31.7 Å². The molecular weight excluding hydrogens is 150 g/mol. The maximum Gasteiger partial charge on any atom is 0.0724 e. The maximum atomic E-state index is 5.39. The quantitative estimate of drug-likeness (QED) is 0.696. The Bertz CT molecular complexity index is 125. The van der Waals surface area contributed by atoms with Crippen LogP contribution in [0.2, 0.25) is 0 Å². The molecule has 1 rings (SSSR count). The van der Waals surface area contributed by atoms with E-state index in [1.54, 1.807) is 0 Å². The van der Waals surface area contributed by atoms with Crippen LogP contribution in [0.5, 0.6) is 0 Å². The molecule has 1 saturated carbocycles. The molecule has 0 saturated heterocycles. The molecule has 0 spiro atoms. The first-order valence-corrected chi connectivity index (χ1v) is 5.00. The second-order valence-corrected chi connectivity index (χ2v) is 4.11. The maximum absolute atomic E-state index is 5.39. The van der Waals surface area contributed by atoms with Crippen molar-refractivity contribution in [2.75, 3.05) is 13.7 Å². The van der Waals surface area contributed by atoms with Crippen molar-refractivity contribution in [3.05, 3.63) is 0 Å². The predicted octanol–water partition coefficient (Wildman–Crippen LogP) is 1.80. The third-order valence-electron chi connectivity index (χ3n) is 2.54. The first kappa shape index (κ1) is 10.0.